The number of hydrogen-bond donors (Lipinski definition) is 1. The minimum Gasteiger partial charge on any atom is -0.497 e. The maximum atomic E-state index is 12.4. The number of sulfonamides is 1. The molecule has 2 rings (SSSR count). The summed E-state index contributed by atoms with van der Waals surface area (Å²) in [7, 11) is -0.831. The van der Waals surface area contributed by atoms with E-state index in [0.29, 0.717) is 16.5 Å². The normalized spacial score (nSPS) is 11.2. The Morgan fingerprint density at radius 2 is 1.80 bits per heavy atom. The van der Waals surface area contributed by atoms with Crippen molar-refractivity contribution < 1.29 is 22.6 Å². The fraction of sp³-hybridized carbons (Fsp3) is 0.294. The van der Waals surface area contributed by atoms with Crippen molar-refractivity contribution in [3.63, 3.8) is 0 Å². The quantitative estimate of drug-likeness (QED) is 0.707. The molecule has 1 N–H and O–H groups in total. The van der Waals surface area contributed by atoms with E-state index in [9.17, 15) is 8.42 Å². The monoisotopic (exact) mass is 385 g/mol. The number of benzene rings is 2. The van der Waals surface area contributed by atoms with Crippen LogP contribution in [0, 0.1) is 6.92 Å². The summed E-state index contributed by atoms with van der Waals surface area (Å²) in [5, 5.41) is 0.622. The Morgan fingerprint density at radius 1 is 1.04 bits per heavy atom. The Bertz CT molecular complexity index is 839. The first-order valence-electron chi connectivity index (χ1n) is 7.48. The lowest BCUT2D eigenvalue weighted by molar-refractivity contribution is 0.320. The number of nitrogens with one attached hydrogen (secondary N) is 1. The highest BCUT2D eigenvalue weighted by atomic mass is 35.5. The molecule has 0 amide bonds. The molecule has 0 atom stereocenters. The van der Waals surface area contributed by atoms with Crippen LogP contribution in [0.15, 0.2) is 41.3 Å². The molecule has 8 heteroatoms. The maximum absolute atomic E-state index is 12.4. The summed E-state index contributed by atoms with van der Waals surface area (Å²) in [6, 6.07) is 9.76. The molecule has 136 valence electrons. The zero-order chi connectivity index (χ0) is 18.4. The van der Waals surface area contributed by atoms with E-state index in [-0.39, 0.29) is 23.8 Å². The van der Waals surface area contributed by atoms with Gasteiger partial charge in [0.1, 0.15) is 28.8 Å². The maximum Gasteiger partial charge on any atom is 0.244 e. The van der Waals surface area contributed by atoms with Gasteiger partial charge in [0.15, 0.2) is 0 Å². The summed E-state index contributed by atoms with van der Waals surface area (Å²) in [6.07, 6.45) is 0. The molecule has 0 unspecified atom stereocenters. The van der Waals surface area contributed by atoms with Crippen molar-refractivity contribution in [2.24, 2.45) is 0 Å². The van der Waals surface area contributed by atoms with Crippen LogP contribution in [0.25, 0.3) is 0 Å². The number of methoxy groups -OCH3 is 2. The van der Waals surface area contributed by atoms with Gasteiger partial charge in [-0.1, -0.05) is 11.6 Å². The zero-order valence-electron chi connectivity index (χ0n) is 14.2. The Balaban J connectivity index is 2.00. The first-order valence-corrected chi connectivity index (χ1v) is 9.34. The van der Waals surface area contributed by atoms with Crippen LogP contribution in [-0.4, -0.2) is 35.8 Å². The Kier molecular flexibility index (Phi) is 6.52. The number of rotatable bonds is 8. The molecule has 6 nitrogen and oxygen atoms in total. The van der Waals surface area contributed by atoms with E-state index in [4.69, 9.17) is 25.8 Å². The van der Waals surface area contributed by atoms with Gasteiger partial charge >= 0.3 is 0 Å². The number of aryl methyl sites for hydroxylation is 1. The molecule has 0 aliphatic carbocycles. The lowest BCUT2D eigenvalue weighted by Crippen LogP contribution is -2.28. The molecule has 0 spiro atoms. The van der Waals surface area contributed by atoms with Crippen LogP contribution in [0.3, 0.4) is 0 Å². The van der Waals surface area contributed by atoms with Gasteiger partial charge in [-0.3, -0.25) is 0 Å². The van der Waals surface area contributed by atoms with E-state index in [1.807, 2.05) is 6.92 Å². The minimum absolute atomic E-state index is 0.0403. The summed E-state index contributed by atoms with van der Waals surface area (Å²) in [5.41, 5.74) is 0.882. The molecule has 0 heterocycles. The summed E-state index contributed by atoms with van der Waals surface area (Å²) in [4.78, 5) is 0.0403. The molecular formula is C17H20ClNO5S. The molecule has 0 radical (unpaired) electrons. The largest absolute Gasteiger partial charge is 0.497 e. The van der Waals surface area contributed by atoms with Crippen LogP contribution < -0.4 is 18.9 Å². The SMILES string of the molecule is COc1ccc(S(=O)(=O)NCCOc2ccc(Cl)cc2C)c(OC)c1. The lowest BCUT2D eigenvalue weighted by atomic mass is 10.2. The van der Waals surface area contributed by atoms with Crippen LogP contribution in [0.2, 0.25) is 5.02 Å². The average molecular weight is 386 g/mol. The van der Waals surface area contributed by atoms with Crippen molar-refractivity contribution in [3.05, 3.63) is 47.0 Å². The van der Waals surface area contributed by atoms with Crippen molar-refractivity contribution in [3.8, 4) is 17.2 Å². The molecule has 0 aromatic heterocycles. The zero-order valence-corrected chi connectivity index (χ0v) is 15.8. The van der Waals surface area contributed by atoms with Gasteiger partial charge in [0.05, 0.1) is 14.2 Å². The molecule has 0 saturated carbocycles. The van der Waals surface area contributed by atoms with Crippen molar-refractivity contribution in [1.82, 2.24) is 4.72 Å². The van der Waals surface area contributed by atoms with E-state index >= 15 is 0 Å². The Morgan fingerprint density at radius 3 is 2.44 bits per heavy atom. The highest BCUT2D eigenvalue weighted by Crippen LogP contribution is 2.28. The second-order valence-electron chi connectivity index (χ2n) is 5.17. The van der Waals surface area contributed by atoms with E-state index in [1.165, 1.54) is 26.4 Å². The fourth-order valence-corrected chi connectivity index (χ4v) is 3.57. The van der Waals surface area contributed by atoms with Crippen molar-refractivity contribution in [1.29, 1.82) is 0 Å². The van der Waals surface area contributed by atoms with Crippen molar-refractivity contribution >= 4 is 21.6 Å². The third-order valence-electron chi connectivity index (χ3n) is 3.45. The third-order valence-corrected chi connectivity index (χ3v) is 5.18. The molecule has 0 fully saturated rings. The van der Waals surface area contributed by atoms with Gasteiger partial charge in [-0.05, 0) is 42.8 Å². The summed E-state index contributed by atoms with van der Waals surface area (Å²) in [5.74, 6) is 1.38. The molecule has 2 aromatic carbocycles. The van der Waals surface area contributed by atoms with Crippen LogP contribution in [0.4, 0.5) is 0 Å². The van der Waals surface area contributed by atoms with E-state index in [2.05, 4.69) is 4.72 Å². The number of halogens is 1. The Hall–Kier alpha value is -1.96. The molecule has 0 aliphatic heterocycles. The van der Waals surface area contributed by atoms with Crippen LogP contribution in [0.5, 0.6) is 17.2 Å². The van der Waals surface area contributed by atoms with Gasteiger partial charge in [-0.2, -0.15) is 0 Å². The second kappa shape index (κ2) is 8.42. The highest BCUT2D eigenvalue weighted by Gasteiger charge is 2.19. The lowest BCUT2D eigenvalue weighted by Gasteiger charge is -2.13. The van der Waals surface area contributed by atoms with E-state index in [0.717, 1.165) is 5.56 Å². The van der Waals surface area contributed by atoms with Gasteiger partial charge in [0, 0.05) is 17.6 Å². The molecule has 0 aliphatic rings. The molecule has 0 saturated heterocycles. The first kappa shape index (κ1) is 19.4. The standard InChI is InChI=1S/C17H20ClNO5S/c1-12-10-13(18)4-6-15(12)24-9-8-19-25(20,21)17-7-5-14(22-2)11-16(17)23-3/h4-7,10-11,19H,8-9H2,1-3H3. The van der Waals surface area contributed by atoms with Crippen LogP contribution in [0.1, 0.15) is 5.56 Å². The highest BCUT2D eigenvalue weighted by molar-refractivity contribution is 7.89. The fourth-order valence-electron chi connectivity index (χ4n) is 2.19. The van der Waals surface area contributed by atoms with E-state index < -0.39 is 10.0 Å². The predicted molar refractivity (Wildman–Crippen MR) is 96.4 cm³/mol. The third kappa shape index (κ3) is 5.01. The Labute approximate surface area is 152 Å². The topological polar surface area (TPSA) is 73.9 Å². The molecule has 0 bridgehead atoms. The van der Waals surface area contributed by atoms with Crippen molar-refractivity contribution in [2.75, 3.05) is 27.4 Å². The van der Waals surface area contributed by atoms with Crippen LogP contribution >= 0.6 is 11.6 Å². The van der Waals surface area contributed by atoms with Gasteiger partial charge in [-0.25, -0.2) is 13.1 Å². The van der Waals surface area contributed by atoms with Gasteiger partial charge < -0.3 is 14.2 Å². The average Bonchev–Trinajstić information content (AvgIpc) is 2.59. The number of ether oxygens (including phenoxy) is 3. The van der Waals surface area contributed by atoms with E-state index in [1.54, 1.807) is 24.3 Å². The van der Waals surface area contributed by atoms with Crippen LogP contribution in [-0.2, 0) is 10.0 Å². The molecule has 2 aromatic rings. The minimum atomic E-state index is -3.73. The van der Waals surface area contributed by atoms with Gasteiger partial charge in [0.25, 0.3) is 0 Å². The predicted octanol–water partition coefficient (Wildman–Crippen LogP) is 3.02. The first-order chi connectivity index (χ1) is 11.9. The van der Waals surface area contributed by atoms with Gasteiger partial charge in [-0.15, -0.1) is 0 Å². The molecular weight excluding hydrogens is 366 g/mol. The second-order valence-corrected chi connectivity index (χ2v) is 7.34. The summed E-state index contributed by atoms with van der Waals surface area (Å²) < 4.78 is 43.1. The van der Waals surface area contributed by atoms with Crippen molar-refractivity contribution in [2.45, 2.75) is 11.8 Å². The summed E-state index contributed by atoms with van der Waals surface area (Å²) in [6.45, 7) is 2.16. The molecule has 25 heavy (non-hydrogen) atoms. The smallest absolute Gasteiger partial charge is 0.244 e. The number of hydrogen-bond acceptors (Lipinski definition) is 5. The van der Waals surface area contributed by atoms with Gasteiger partial charge in [0.2, 0.25) is 10.0 Å². The summed E-state index contributed by atoms with van der Waals surface area (Å²) >= 11 is 5.89.